The van der Waals surface area contributed by atoms with E-state index in [0.717, 1.165) is 16.8 Å². The van der Waals surface area contributed by atoms with Gasteiger partial charge < -0.3 is 16.4 Å². The lowest BCUT2D eigenvalue weighted by Crippen LogP contribution is -2.41. The average Bonchev–Trinajstić information content (AvgIpc) is 2.55. The molecular formula is C17H23N5O3S. The zero-order valence-corrected chi connectivity index (χ0v) is 15.8. The highest BCUT2D eigenvalue weighted by Gasteiger charge is 2.16. The van der Waals surface area contributed by atoms with Crippen LogP contribution in [0.25, 0.3) is 0 Å². The summed E-state index contributed by atoms with van der Waals surface area (Å²) in [5.41, 5.74) is 9.16. The Morgan fingerprint density at radius 2 is 1.77 bits per heavy atom. The van der Waals surface area contributed by atoms with E-state index >= 15 is 0 Å². The molecule has 0 bridgehead atoms. The number of carbonyl (C=O) groups is 1. The van der Waals surface area contributed by atoms with Crippen molar-refractivity contribution < 1.29 is 13.2 Å². The molecular weight excluding hydrogens is 354 g/mol. The number of pyridine rings is 1. The molecule has 2 rings (SSSR count). The summed E-state index contributed by atoms with van der Waals surface area (Å²) in [5, 5.41) is 5.50. The number of sulfonamides is 1. The van der Waals surface area contributed by atoms with Crippen LogP contribution < -0.4 is 21.1 Å². The predicted octanol–water partition coefficient (Wildman–Crippen LogP) is 1.69. The van der Waals surface area contributed by atoms with Crippen molar-refractivity contribution in [3.05, 3.63) is 47.2 Å². The Hall–Kier alpha value is -2.81. The molecule has 0 aliphatic carbocycles. The van der Waals surface area contributed by atoms with E-state index in [4.69, 9.17) is 5.73 Å². The third kappa shape index (κ3) is 5.09. The maximum absolute atomic E-state index is 12.1. The van der Waals surface area contributed by atoms with E-state index in [9.17, 15) is 13.2 Å². The van der Waals surface area contributed by atoms with E-state index in [0.29, 0.717) is 18.1 Å². The molecule has 0 unspecified atom stereocenters. The van der Waals surface area contributed by atoms with Crippen LogP contribution in [0.5, 0.6) is 0 Å². The van der Waals surface area contributed by atoms with Crippen molar-refractivity contribution in [3.63, 3.8) is 0 Å². The van der Waals surface area contributed by atoms with Crippen molar-refractivity contribution in [1.29, 1.82) is 0 Å². The molecule has 9 heteroatoms. The molecule has 5 N–H and O–H groups in total. The molecule has 26 heavy (non-hydrogen) atoms. The highest BCUT2D eigenvalue weighted by Crippen LogP contribution is 2.20. The predicted molar refractivity (Wildman–Crippen MR) is 102 cm³/mol. The standard InChI is InChI=1S/C17H23N5O3S/c1-11-4-6-14(7-5-11)26(24,25)22-17(23)20-9-8-19-16-15(18)12(2)10-13(3)21-16/h4-7,10H,8-9,18H2,1-3H3,(H,19,21)(H2,20,22,23). The Labute approximate surface area is 153 Å². The molecule has 0 fully saturated rings. The molecule has 2 amide bonds. The molecule has 0 spiro atoms. The van der Waals surface area contributed by atoms with Crippen LogP contribution in [-0.2, 0) is 10.0 Å². The minimum atomic E-state index is -3.90. The molecule has 1 aromatic carbocycles. The highest BCUT2D eigenvalue weighted by atomic mass is 32.2. The van der Waals surface area contributed by atoms with Gasteiger partial charge in [-0.25, -0.2) is 22.9 Å². The Kier molecular flexibility index (Phi) is 6.04. The van der Waals surface area contributed by atoms with Gasteiger partial charge >= 0.3 is 6.03 Å². The third-order valence-corrected chi connectivity index (χ3v) is 5.00. The van der Waals surface area contributed by atoms with E-state index in [1.165, 1.54) is 12.1 Å². The van der Waals surface area contributed by atoms with Crippen molar-refractivity contribution in [2.45, 2.75) is 25.7 Å². The van der Waals surface area contributed by atoms with Crippen molar-refractivity contribution in [3.8, 4) is 0 Å². The monoisotopic (exact) mass is 377 g/mol. The Morgan fingerprint density at radius 3 is 2.42 bits per heavy atom. The molecule has 0 atom stereocenters. The van der Waals surface area contributed by atoms with Gasteiger partial charge in [0.2, 0.25) is 0 Å². The zero-order valence-electron chi connectivity index (χ0n) is 15.0. The fourth-order valence-electron chi connectivity index (χ4n) is 2.27. The first-order valence-electron chi connectivity index (χ1n) is 8.04. The molecule has 0 radical (unpaired) electrons. The first-order chi connectivity index (χ1) is 12.2. The summed E-state index contributed by atoms with van der Waals surface area (Å²) in [4.78, 5) is 16.1. The van der Waals surface area contributed by atoms with Crippen LogP contribution >= 0.6 is 0 Å². The van der Waals surface area contributed by atoms with Crippen LogP contribution in [0, 0.1) is 20.8 Å². The molecule has 0 saturated carbocycles. The van der Waals surface area contributed by atoms with Crippen LogP contribution in [0.15, 0.2) is 35.2 Å². The number of amides is 2. The fourth-order valence-corrected chi connectivity index (χ4v) is 3.20. The number of nitrogens with one attached hydrogen (secondary N) is 3. The molecule has 0 aliphatic rings. The zero-order chi connectivity index (χ0) is 19.3. The lowest BCUT2D eigenvalue weighted by atomic mass is 10.2. The normalized spacial score (nSPS) is 11.0. The second-order valence-electron chi connectivity index (χ2n) is 5.94. The molecule has 0 saturated heterocycles. The van der Waals surface area contributed by atoms with Crippen LogP contribution in [0.2, 0.25) is 0 Å². The Balaban J connectivity index is 1.85. The van der Waals surface area contributed by atoms with Crippen molar-refractivity contribution in [2.75, 3.05) is 24.1 Å². The SMILES string of the molecule is Cc1ccc(S(=O)(=O)NC(=O)NCCNc2nc(C)cc(C)c2N)cc1. The minimum absolute atomic E-state index is 0.0311. The summed E-state index contributed by atoms with van der Waals surface area (Å²) in [6.45, 7) is 6.14. The number of carbonyl (C=O) groups excluding carboxylic acids is 1. The van der Waals surface area contributed by atoms with Crippen LogP contribution in [0.1, 0.15) is 16.8 Å². The first kappa shape index (κ1) is 19.5. The number of urea groups is 1. The number of hydrogen-bond donors (Lipinski definition) is 4. The summed E-state index contributed by atoms with van der Waals surface area (Å²) >= 11 is 0. The number of aromatic nitrogens is 1. The third-order valence-electron chi connectivity index (χ3n) is 3.65. The molecule has 140 valence electrons. The second kappa shape index (κ2) is 8.05. The van der Waals surface area contributed by atoms with Gasteiger partial charge in [0, 0.05) is 18.8 Å². The maximum atomic E-state index is 12.1. The second-order valence-corrected chi connectivity index (χ2v) is 7.63. The summed E-state index contributed by atoms with van der Waals surface area (Å²) in [5.74, 6) is 0.539. The number of rotatable bonds is 6. The van der Waals surface area contributed by atoms with Crippen LogP contribution in [-0.4, -0.2) is 32.5 Å². The van der Waals surface area contributed by atoms with Crippen molar-refractivity contribution in [2.24, 2.45) is 0 Å². The Bertz CT molecular complexity index is 895. The van der Waals surface area contributed by atoms with E-state index in [1.54, 1.807) is 12.1 Å². The largest absolute Gasteiger partial charge is 0.396 e. The van der Waals surface area contributed by atoms with E-state index < -0.39 is 16.1 Å². The van der Waals surface area contributed by atoms with E-state index in [2.05, 4.69) is 15.6 Å². The number of aryl methyl sites for hydroxylation is 3. The topological polar surface area (TPSA) is 126 Å². The van der Waals surface area contributed by atoms with Gasteiger partial charge in [-0.05, 0) is 44.5 Å². The number of hydrogen-bond acceptors (Lipinski definition) is 6. The smallest absolute Gasteiger partial charge is 0.328 e. The number of nitrogen functional groups attached to an aromatic ring is 1. The number of nitrogens with zero attached hydrogens (tertiary/aromatic N) is 1. The van der Waals surface area contributed by atoms with E-state index in [1.807, 2.05) is 31.6 Å². The Morgan fingerprint density at radius 1 is 1.12 bits per heavy atom. The van der Waals surface area contributed by atoms with Gasteiger partial charge in [-0.1, -0.05) is 17.7 Å². The van der Waals surface area contributed by atoms with Gasteiger partial charge in [-0.2, -0.15) is 0 Å². The van der Waals surface area contributed by atoms with Gasteiger partial charge in [0.1, 0.15) is 5.82 Å². The number of nitrogens with two attached hydrogens (primary N) is 1. The highest BCUT2D eigenvalue weighted by molar-refractivity contribution is 7.90. The summed E-state index contributed by atoms with van der Waals surface area (Å²) < 4.78 is 26.2. The maximum Gasteiger partial charge on any atom is 0.328 e. The first-order valence-corrected chi connectivity index (χ1v) is 9.52. The van der Waals surface area contributed by atoms with E-state index in [-0.39, 0.29) is 11.4 Å². The van der Waals surface area contributed by atoms with Crippen LogP contribution in [0.4, 0.5) is 16.3 Å². The lowest BCUT2D eigenvalue weighted by Gasteiger charge is -2.12. The molecule has 1 heterocycles. The van der Waals surface area contributed by atoms with Crippen LogP contribution in [0.3, 0.4) is 0 Å². The molecule has 8 nitrogen and oxygen atoms in total. The van der Waals surface area contributed by atoms with Gasteiger partial charge in [0.15, 0.2) is 0 Å². The van der Waals surface area contributed by atoms with Gasteiger partial charge in [0.25, 0.3) is 10.0 Å². The molecule has 1 aromatic heterocycles. The molecule has 0 aliphatic heterocycles. The summed E-state index contributed by atoms with van der Waals surface area (Å²) in [6.07, 6.45) is 0. The van der Waals surface area contributed by atoms with Gasteiger partial charge in [-0.15, -0.1) is 0 Å². The average molecular weight is 377 g/mol. The number of benzene rings is 1. The number of anilines is 2. The van der Waals surface area contributed by atoms with Crippen molar-refractivity contribution >= 4 is 27.6 Å². The quantitative estimate of drug-likeness (QED) is 0.568. The van der Waals surface area contributed by atoms with Gasteiger partial charge in [0.05, 0.1) is 10.6 Å². The summed E-state index contributed by atoms with van der Waals surface area (Å²) in [7, 11) is -3.90. The molecule has 2 aromatic rings. The lowest BCUT2D eigenvalue weighted by molar-refractivity contribution is 0.246. The van der Waals surface area contributed by atoms with Crippen molar-refractivity contribution in [1.82, 2.24) is 15.0 Å². The minimum Gasteiger partial charge on any atom is -0.396 e. The van der Waals surface area contributed by atoms with Gasteiger partial charge in [-0.3, -0.25) is 0 Å². The summed E-state index contributed by atoms with van der Waals surface area (Å²) in [6, 6.07) is 7.30. The fraction of sp³-hybridized carbons (Fsp3) is 0.294.